The van der Waals surface area contributed by atoms with Gasteiger partial charge in [-0.3, -0.25) is 0 Å². The highest BCUT2D eigenvalue weighted by molar-refractivity contribution is 7.25. The highest BCUT2D eigenvalue weighted by Gasteiger charge is 2.17. The number of thiophene rings is 1. The van der Waals surface area contributed by atoms with E-state index in [-0.39, 0.29) is 0 Å². The minimum atomic E-state index is 0.887. The normalized spacial score (nSPS) is 11.7. The maximum Gasteiger partial charge on any atom is 0.137 e. The Morgan fingerprint density at radius 2 is 1.02 bits per heavy atom. The number of nitrogens with zero attached hydrogens (tertiary/aromatic N) is 1. The number of para-hydroxylation sites is 1. The maximum atomic E-state index is 6.32. The summed E-state index contributed by atoms with van der Waals surface area (Å²) in [5.41, 5.74) is 7.47. The molecule has 3 heteroatoms. The van der Waals surface area contributed by atoms with Crippen molar-refractivity contribution in [2.75, 3.05) is 4.90 Å². The third kappa shape index (κ3) is 4.01. The van der Waals surface area contributed by atoms with Crippen LogP contribution in [0.5, 0.6) is 0 Å². The summed E-state index contributed by atoms with van der Waals surface area (Å²) in [5.74, 6) is 0. The zero-order valence-electron chi connectivity index (χ0n) is 23.2. The first-order valence-corrected chi connectivity index (χ1v) is 15.3. The van der Waals surface area contributed by atoms with Gasteiger partial charge in [0.25, 0.3) is 0 Å². The van der Waals surface area contributed by atoms with Gasteiger partial charge in [-0.05, 0) is 82.6 Å². The van der Waals surface area contributed by atoms with Gasteiger partial charge in [0, 0.05) is 54.1 Å². The summed E-state index contributed by atoms with van der Waals surface area (Å²) >= 11 is 1.86. The number of benzene rings is 7. The lowest BCUT2D eigenvalue weighted by Gasteiger charge is -2.26. The molecule has 0 aliphatic rings. The summed E-state index contributed by atoms with van der Waals surface area (Å²) < 4.78 is 8.93. The van der Waals surface area contributed by atoms with E-state index in [1.165, 1.54) is 42.1 Å². The smallest absolute Gasteiger partial charge is 0.137 e. The predicted molar refractivity (Wildman–Crippen MR) is 184 cm³/mol. The van der Waals surface area contributed by atoms with E-state index in [4.69, 9.17) is 4.42 Å². The summed E-state index contributed by atoms with van der Waals surface area (Å²) in [4.78, 5) is 2.34. The Balaban J connectivity index is 1.24. The van der Waals surface area contributed by atoms with Gasteiger partial charge in [-0.1, -0.05) is 84.9 Å². The molecule has 0 saturated carbocycles. The zero-order chi connectivity index (χ0) is 28.3. The van der Waals surface area contributed by atoms with Crippen molar-refractivity contribution in [1.29, 1.82) is 0 Å². The van der Waals surface area contributed by atoms with E-state index in [0.717, 1.165) is 39.0 Å². The standard InChI is InChI=1S/C40H25NOS/c1-2-8-26(9-3-1)27-14-16-30(17-15-27)41(32-18-20-34-33-12-6-7-13-37(33)42-38(34)25-32)31-19-21-39-36(24-31)35-22-28-10-4-5-11-29(28)23-40(35)43-39/h1-25H. The molecule has 2 heterocycles. The van der Waals surface area contributed by atoms with Crippen LogP contribution in [0.4, 0.5) is 17.1 Å². The highest BCUT2D eigenvalue weighted by atomic mass is 32.1. The fraction of sp³-hybridized carbons (Fsp3) is 0. The van der Waals surface area contributed by atoms with Crippen molar-refractivity contribution in [3.05, 3.63) is 152 Å². The molecule has 0 unspecified atom stereocenters. The number of fused-ring (bicyclic) bond motifs is 7. The summed E-state index contributed by atoms with van der Waals surface area (Å²) in [6.45, 7) is 0. The zero-order valence-corrected chi connectivity index (χ0v) is 24.0. The lowest BCUT2D eigenvalue weighted by atomic mass is 10.0. The summed E-state index contributed by atoms with van der Waals surface area (Å²) in [6.07, 6.45) is 0. The van der Waals surface area contributed by atoms with Crippen LogP contribution in [-0.2, 0) is 0 Å². The average Bonchev–Trinajstić information content (AvgIpc) is 3.61. The Hall–Kier alpha value is -5.38. The van der Waals surface area contributed by atoms with E-state index in [0.29, 0.717) is 0 Å². The van der Waals surface area contributed by atoms with Gasteiger partial charge in [0.1, 0.15) is 11.2 Å². The van der Waals surface area contributed by atoms with Crippen LogP contribution in [0, 0.1) is 0 Å². The molecular formula is C40H25NOS. The topological polar surface area (TPSA) is 16.4 Å². The molecule has 9 aromatic rings. The lowest BCUT2D eigenvalue weighted by Crippen LogP contribution is -2.09. The van der Waals surface area contributed by atoms with Crippen molar-refractivity contribution in [3.63, 3.8) is 0 Å². The van der Waals surface area contributed by atoms with Crippen LogP contribution < -0.4 is 4.90 Å². The first-order chi connectivity index (χ1) is 21.3. The van der Waals surface area contributed by atoms with Crippen LogP contribution in [0.15, 0.2) is 156 Å². The SMILES string of the molecule is c1ccc(-c2ccc(N(c3ccc4c(c3)oc3ccccc34)c3ccc4sc5cc6ccccc6cc5c4c3)cc2)cc1. The van der Waals surface area contributed by atoms with Gasteiger partial charge in [-0.15, -0.1) is 11.3 Å². The summed E-state index contributed by atoms with van der Waals surface area (Å²) in [6, 6.07) is 54.3. The number of furan rings is 1. The van der Waals surface area contributed by atoms with E-state index in [1.54, 1.807) is 0 Å². The Morgan fingerprint density at radius 3 is 1.88 bits per heavy atom. The van der Waals surface area contributed by atoms with Gasteiger partial charge in [-0.25, -0.2) is 0 Å². The molecule has 0 spiro atoms. The second kappa shape index (κ2) is 9.59. The molecule has 7 aromatic carbocycles. The first-order valence-electron chi connectivity index (χ1n) is 14.5. The number of hydrogen-bond acceptors (Lipinski definition) is 3. The van der Waals surface area contributed by atoms with Gasteiger partial charge in [-0.2, -0.15) is 0 Å². The van der Waals surface area contributed by atoms with Gasteiger partial charge in [0.05, 0.1) is 0 Å². The molecule has 0 saturated heterocycles. The molecule has 2 aromatic heterocycles. The van der Waals surface area contributed by atoms with Crippen LogP contribution in [0.1, 0.15) is 0 Å². The van der Waals surface area contributed by atoms with Crippen molar-refractivity contribution >= 4 is 81.3 Å². The third-order valence-corrected chi connectivity index (χ3v) is 9.57. The van der Waals surface area contributed by atoms with E-state index in [9.17, 15) is 0 Å². The van der Waals surface area contributed by atoms with Gasteiger partial charge in [0.15, 0.2) is 0 Å². The second-order valence-corrected chi connectivity index (χ2v) is 12.1. The van der Waals surface area contributed by atoms with Crippen LogP contribution in [0.25, 0.3) is 64.0 Å². The van der Waals surface area contributed by atoms with E-state index < -0.39 is 0 Å². The van der Waals surface area contributed by atoms with Gasteiger partial charge < -0.3 is 9.32 Å². The van der Waals surface area contributed by atoms with E-state index in [2.05, 4.69) is 144 Å². The predicted octanol–water partition coefficient (Wildman–Crippen LogP) is 12.2. The van der Waals surface area contributed by atoms with E-state index >= 15 is 0 Å². The molecule has 0 radical (unpaired) electrons. The molecule has 9 rings (SSSR count). The maximum absolute atomic E-state index is 6.32. The lowest BCUT2D eigenvalue weighted by molar-refractivity contribution is 0.669. The molecule has 0 aliphatic heterocycles. The monoisotopic (exact) mass is 567 g/mol. The molecular weight excluding hydrogens is 543 g/mol. The number of rotatable bonds is 4. The molecule has 0 fully saturated rings. The molecule has 43 heavy (non-hydrogen) atoms. The van der Waals surface area contributed by atoms with Crippen molar-refractivity contribution < 1.29 is 4.42 Å². The summed E-state index contributed by atoms with van der Waals surface area (Å²) in [7, 11) is 0. The molecule has 0 atom stereocenters. The fourth-order valence-corrected chi connectivity index (χ4v) is 7.44. The highest BCUT2D eigenvalue weighted by Crippen LogP contribution is 2.43. The first kappa shape index (κ1) is 24.2. The largest absolute Gasteiger partial charge is 0.456 e. The molecule has 0 N–H and O–H groups in total. The van der Waals surface area contributed by atoms with Crippen molar-refractivity contribution in [2.45, 2.75) is 0 Å². The number of anilines is 3. The Labute approximate surface area is 252 Å². The molecule has 0 bridgehead atoms. The van der Waals surface area contributed by atoms with E-state index in [1.807, 2.05) is 23.5 Å². The number of hydrogen-bond donors (Lipinski definition) is 0. The third-order valence-electron chi connectivity index (χ3n) is 8.43. The Bertz CT molecular complexity index is 2450. The van der Waals surface area contributed by atoms with Crippen molar-refractivity contribution in [2.24, 2.45) is 0 Å². The molecule has 0 amide bonds. The minimum Gasteiger partial charge on any atom is -0.456 e. The van der Waals surface area contributed by atoms with Crippen LogP contribution >= 0.6 is 11.3 Å². The van der Waals surface area contributed by atoms with Crippen LogP contribution in [0.2, 0.25) is 0 Å². The fourth-order valence-electron chi connectivity index (χ4n) is 6.32. The molecule has 0 aliphatic carbocycles. The Morgan fingerprint density at radius 1 is 0.395 bits per heavy atom. The Kier molecular flexibility index (Phi) is 5.40. The van der Waals surface area contributed by atoms with Crippen LogP contribution in [0.3, 0.4) is 0 Å². The quantitative estimate of drug-likeness (QED) is 0.210. The van der Waals surface area contributed by atoms with Gasteiger partial charge >= 0.3 is 0 Å². The average molecular weight is 568 g/mol. The van der Waals surface area contributed by atoms with Crippen molar-refractivity contribution in [3.8, 4) is 11.1 Å². The van der Waals surface area contributed by atoms with Crippen LogP contribution in [-0.4, -0.2) is 0 Å². The van der Waals surface area contributed by atoms with Crippen molar-refractivity contribution in [1.82, 2.24) is 0 Å². The van der Waals surface area contributed by atoms with Gasteiger partial charge in [0.2, 0.25) is 0 Å². The molecule has 202 valence electrons. The minimum absolute atomic E-state index is 0.887. The second-order valence-electron chi connectivity index (χ2n) is 11.0. The summed E-state index contributed by atoms with van der Waals surface area (Å²) in [5, 5.41) is 7.39. The molecule has 2 nitrogen and oxygen atoms in total.